The third kappa shape index (κ3) is 3.53. The monoisotopic (exact) mass is 417 g/mol. The van der Waals surface area contributed by atoms with Crippen LogP contribution in [0.3, 0.4) is 0 Å². The van der Waals surface area contributed by atoms with Crippen molar-refractivity contribution in [3.8, 4) is 5.88 Å². The largest absolute Gasteiger partial charge is 0.480 e. The van der Waals surface area contributed by atoms with E-state index in [1.54, 1.807) is 6.07 Å². The van der Waals surface area contributed by atoms with Gasteiger partial charge in [-0.2, -0.15) is 0 Å². The molecule has 1 saturated heterocycles. The van der Waals surface area contributed by atoms with Crippen molar-refractivity contribution in [2.24, 2.45) is 16.6 Å². The SMILES string of the molecule is COc1cnc(C(=O)Nc2ccc(F)c([C@]34CO[C@H](C)[C@H]3CSC(N)=N4)c2)cn1. The van der Waals surface area contributed by atoms with Crippen LogP contribution in [0.25, 0.3) is 0 Å². The van der Waals surface area contributed by atoms with Gasteiger partial charge in [-0.05, 0) is 25.1 Å². The molecule has 0 unspecified atom stereocenters. The summed E-state index contributed by atoms with van der Waals surface area (Å²) in [5, 5.41) is 3.13. The first-order valence-corrected chi connectivity index (χ1v) is 9.98. The van der Waals surface area contributed by atoms with Crippen molar-refractivity contribution in [3.63, 3.8) is 0 Å². The highest BCUT2D eigenvalue weighted by atomic mass is 32.2. The molecule has 1 amide bonds. The summed E-state index contributed by atoms with van der Waals surface area (Å²) in [6.45, 7) is 2.19. The lowest BCUT2D eigenvalue weighted by atomic mass is 9.79. The fourth-order valence-corrected chi connectivity index (χ4v) is 4.79. The van der Waals surface area contributed by atoms with E-state index in [0.29, 0.717) is 28.1 Å². The molecule has 0 aliphatic carbocycles. The Hall–Kier alpha value is -2.72. The number of nitrogens with zero attached hydrogens (tertiary/aromatic N) is 3. The molecule has 2 aliphatic rings. The van der Waals surface area contributed by atoms with Crippen molar-refractivity contribution in [2.45, 2.75) is 18.6 Å². The van der Waals surface area contributed by atoms with E-state index in [9.17, 15) is 9.18 Å². The molecule has 2 aromatic rings. The highest BCUT2D eigenvalue weighted by Crippen LogP contribution is 2.48. The summed E-state index contributed by atoms with van der Waals surface area (Å²) in [4.78, 5) is 25.1. The maximum absolute atomic E-state index is 14.9. The van der Waals surface area contributed by atoms with Crippen molar-refractivity contribution in [1.29, 1.82) is 0 Å². The van der Waals surface area contributed by atoms with Crippen molar-refractivity contribution in [1.82, 2.24) is 9.97 Å². The normalized spacial score (nSPS) is 25.8. The predicted molar refractivity (Wildman–Crippen MR) is 108 cm³/mol. The minimum Gasteiger partial charge on any atom is -0.480 e. The molecule has 10 heteroatoms. The number of carbonyl (C=O) groups is 1. The number of hydrogen-bond donors (Lipinski definition) is 2. The Morgan fingerprint density at radius 2 is 2.24 bits per heavy atom. The fourth-order valence-electron chi connectivity index (χ4n) is 3.67. The molecule has 3 N–H and O–H groups in total. The topological polar surface area (TPSA) is 112 Å². The zero-order valence-corrected chi connectivity index (χ0v) is 16.7. The third-order valence-corrected chi connectivity index (χ3v) is 6.14. The summed E-state index contributed by atoms with van der Waals surface area (Å²) in [6, 6.07) is 4.39. The lowest BCUT2D eigenvalue weighted by Crippen LogP contribution is -2.41. The standard InChI is InChI=1S/C19H20FN5O3S/c1-10-13-8-29-18(21)25-19(13,9-28-10)12-5-11(3-4-14(12)20)24-17(26)15-6-23-16(27-2)7-22-15/h3-7,10,13H,8-9H2,1-2H3,(H2,21,25)(H,24,26)/t10-,13-,19-/m1/s1. The molecule has 29 heavy (non-hydrogen) atoms. The Bertz CT molecular complexity index is 971. The zero-order valence-electron chi connectivity index (χ0n) is 15.9. The molecule has 1 aromatic heterocycles. The number of aliphatic imine (C=N–C) groups is 1. The molecule has 3 heterocycles. The first kappa shape index (κ1) is 19.6. The molecule has 2 aliphatic heterocycles. The highest BCUT2D eigenvalue weighted by Gasteiger charge is 2.52. The molecule has 0 saturated carbocycles. The van der Waals surface area contributed by atoms with Crippen LogP contribution in [-0.4, -0.2) is 46.6 Å². The Balaban J connectivity index is 1.65. The van der Waals surface area contributed by atoms with E-state index < -0.39 is 17.3 Å². The number of benzene rings is 1. The highest BCUT2D eigenvalue weighted by molar-refractivity contribution is 8.13. The van der Waals surface area contributed by atoms with E-state index in [1.165, 1.54) is 43.4 Å². The minimum atomic E-state index is -0.903. The Labute approximate surface area is 171 Å². The maximum Gasteiger partial charge on any atom is 0.275 e. The molecule has 0 spiro atoms. The maximum atomic E-state index is 14.9. The number of hydrogen-bond acceptors (Lipinski definition) is 8. The molecule has 0 bridgehead atoms. The molecule has 3 atom stereocenters. The second-order valence-electron chi connectivity index (χ2n) is 6.90. The quantitative estimate of drug-likeness (QED) is 0.784. The predicted octanol–water partition coefficient (Wildman–Crippen LogP) is 2.17. The number of ether oxygens (including phenoxy) is 2. The number of amidine groups is 1. The molecular formula is C19H20FN5O3S. The van der Waals surface area contributed by atoms with E-state index in [1.807, 2.05) is 6.92 Å². The molecular weight excluding hydrogens is 397 g/mol. The Morgan fingerprint density at radius 3 is 2.97 bits per heavy atom. The first-order chi connectivity index (χ1) is 13.9. The van der Waals surface area contributed by atoms with Gasteiger partial charge >= 0.3 is 0 Å². The van der Waals surface area contributed by atoms with Crippen LogP contribution in [0.5, 0.6) is 5.88 Å². The van der Waals surface area contributed by atoms with Gasteiger partial charge in [-0.15, -0.1) is 0 Å². The smallest absolute Gasteiger partial charge is 0.275 e. The summed E-state index contributed by atoms with van der Waals surface area (Å²) in [5.41, 5.74) is 5.95. The Kier molecular flexibility index (Phi) is 5.13. The van der Waals surface area contributed by atoms with Crippen LogP contribution < -0.4 is 15.8 Å². The average Bonchev–Trinajstić information content (AvgIpc) is 3.06. The second kappa shape index (κ2) is 7.60. The summed E-state index contributed by atoms with van der Waals surface area (Å²) >= 11 is 1.44. The number of halogens is 1. The number of amides is 1. The van der Waals surface area contributed by atoms with E-state index in [0.717, 1.165) is 0 Å². The first-order valence-electron chi connectivity index (χ1n) is 9.00. The van der Waals surface area contributed by atoms with E-state index in [-0.39, 0.29) is 24.3 Å². The van der Waals surface area contributed by atoms with Gasteiger partial charge in [-0.25, -0.2) is 19.4 Å². The summed E-state index contributed by atoms with van der Waals surface area (Å²) in [7, 11) is 1.46. The van der Waals surface area contributed by atoms with Crippen LogP contribution >= 0.6 is 11.8 Å². The fraction of sp³-hybridized carbons (Fsp3) is 0.368. The number of nitrogens with two attached hydrogens (primary N) is 1. The zero-order chi connectivity index (χ0) is 20.6. The van der Waals surface area contributed by atoms with Crippen molar-refractivity contribution < 1.29 is 18.7 Å². The van der Waals surface area contributed by atoms with Gasteiger partial charge in [0.15, 0.2) is 5.17 Å². The number of anilines is 1. The second-order valence-corrected chi connectivity index (χ2v) is 7.94. The van der Waals surface area contributed by atoms with Crippen LogP contribution in [0.4, 0.5) is 10.1 Å². The molecule has 0 radical (unpaired) electrons. The van der Waals surface area contributed by atoms with Gasteiger partial charge in [-0.3, -0.25) is 4.79 Å². The summed E-state index contributed by atoms with van der Waals surface area (Å²) < 4.78 is 25.6. The van der Waals surface area contributed by atoms with Gasteiger partial charge in [0.05, 0.1) is 32.2 Å². The number of carbonyl (C=O) groups excluding carboxylic acids is 1. The molecule has 8 nitrogen and oxygen atoms in total. The van der Waals surface area contributed by atoms with Gasteiger partial charge in [0.1, 0.15) is 17.1 Å². The van der Waals surface area contributed by atoms with Gasteiger partial charge in [0, 0.05) is 22.9 Å². The van der Waals surface area contributed by atoms with Crippen LogP contribution in [0.15, 0.2) is 35.6 Å². The number of fused-ring (bicyclic) bond motifs is 1. The van der Waals surface area contributed by atoms with E-state index in [4.69, 9.17) is 15.2 Å². The number of thioether (sulfide) groups is 1. The average molecular weight is 417 g/mol. The number of aromatic nitrogens is 2. The van der Waals surface area contributed by atoms with E-state index in [2.05, 4.69) is 20.3 Å². The van der Waals surface area contributed by atoms with Gasteiger partial charge in [0.2, 0.25) is 5.88 Å². The van der Waals surface area contributed by atoms with Gasteiger partial charge in [-0.1, -0.05) is 11.8 Å². The molecule has 152 valence electrons. The number of methoxy groups -OCH3 is 1. The van der Waals surface area contributed by atoms with Gasteiger partial charge in [0.25, 0.3) is 5.91 Å². The van der Waals surface area contributed by atoms with Crippen LogP contribution in [-0.2, 0) is 10.3 Å². The third-order valence-electron chi connectivity index (χ3n) is 5.23. The summed E-state index contributed by atoms with van der Waals surface area (Å²) in [6.07, 6.45) is 2.58. The van der Waals surface area contributed by atoms with Crippen molar-refractivity contribution in [2.75, 3.05) is 24.8 Å². The molecule has 4 rings (SSSR count). The van der Waals surface area contributed by atoms with Crippen molar-refractivity contribution >= 4 is 28.5 Å². The van der Waals surface area contributed by atoms with Gasteiger partial charge < -0.3 is 20.5 Å². The summed E-state index contributed by atoms with van der Waals surface area (Å²) in [5.74, 6) is 0.0846. The van der Waals surface area contributed by atoms with Crippen LogP contribution in [0.1, 0.15) is 23.0 Å². The minimum absolute atomic E-state index is 0.0206. The molecule has 1 fully saturated rings. The van der Waals surface area contributed by atoms with Crippen molar-refractivity contribution in [3.05, 3.63) is 47.7 Å². The Morgan fingerprint density at radius 1 is 1.41 bits per heavy atom. The van der Waals surface area contributed by atoms with E-state index >= 15 is 0 Å². The van der Waals surface area contributed by atoms with Crippen LogP contribution in [0, 0.1) is 11.7 Å². The lowest BCUT2D eigenvalue weighted by molar-refractivity contribution is 0.102. The lowest BCUT2D eigenvalue weighted by Gasteiger charge is -2.35. The molecule has 1 aromatic carbocycles. The number of nitrogens with one attached hydrogen (secondary N) is 1. The van der Waals surface area contributed by atoms with Crippen LogP contribution in [0.2, 0.25) is 0 Å². The number of rotatable bonds is 4.